The van der Waals surface area contributed by atoms with Crippen molar-refractivity contribution in [2.45, 2.75) is 83.1 Å². The minimum atomic E-state index is -0.743. The summed E-state index contributed by atoms with van der Waals surface area (Å²) in [4.78, 5) is 0. The Labute approximate surface area is 176 Å². The van der Waals surface area contributed by atoms with Gasteiger partial charge in [0.15, 0.2) is 12.1 Å². The summed E-state index contributed by atoms with van der Waals surface area (Å²) < 4.78 is 24.3. The van der Waals surface area contributed by atoms with Crippen molar-refractivity contribution in [3.05, 3.63) is 47.0 Å². The molecule has 158 valence electrons. The summed E-state index contributed by atoms with van der Waals surface area (Å²) in [6.07, 6.45) is 0.0752. The molecule has 2 aromatic rings. The van der Waals surface area contributed by atoms with E-state index in [1.165, 1.54) is 0 Å². The first kappa shape index (κ1) is 21.0. The zero-order valence-corrected chi connectivity index (χ0v) is 17.9. The second-order valence-electron chi connectivity index (χ2n) is 8.30. The molecule has 1 N–H and O–H groups in total. The third-order valence-electron chi connectivity index (χ3n) is 5.66. The first-order valence-corrected chi connectivity index (χ1v) is 10.7. The predicted molar refractivity (Wildman–Crippen MR) is 112 cm³/mol. The van der Waals surface area contributed by atoms with Crippen LogP contribution in [0.2, 0.25) is 5.02 Å². The van der Waals surface area contributed by atoms with E-state index < -0.39 is 30.4 Å². The Hall–Kier alpha value is -1.21. The van der Waals surface area contributed by atoms with Gasteiger partial charge >= 0.3 is 0 Å². The lowest BCUT2D eigenvalue weighted by atomic mass is 10.0. The maximum Gasteiger partial charge on any atom is 0.190 e. The standard InChI is InChI=1S/C23H29ClO5/c1-4-5-10-18(25)19-20(21-22(27-19)29-23(2,3)28-21)26-13-16-15-9-7-6-8-14(15)11-12-17(16)24/h6-9,11-12,18-22,25H,4-5,10,13H2,1-3H3/t18-,19+,20-,21+,22+/m0/s1. The van der Waals surface area contributed by atoms with Crippen molar-refractivity contribution in [2.24, 2.45) is 0 Å². The molecule has 0 saturated carbocycles. The van der Waals surface area contributed by atoms with Crippen LogP contribution in [0.5, 0.6) is 0 Å². The molecule has 2 aliphatic heterocycles. The molecular formula is C23H29ClO5. The van der Waals surface area contributed by atoms with Crippen molar-refractivity contribution in [3.8, 4) is 0 Å². The molecule has 0 unspecified atom stereocenters. The van der Waals surface area contributed by atoms with E-state index in [9.17, 15) is 5.11 Å². The quantitative estimate of drug-likeness (QED) is 0.696. The molecule has 2 aliphatic rings. The Kier molecular flexibility index (Phi) is 6.17. The van der Waals surface area contributed by atoms with Crippen LogP contribution in [-0.2, 0) is 25.6 Å². The van der Waals surface area contributed by atoms with E-state index in [-0.39, 0.29) is 6.10 Å². The van der Waals surface area contributed by atoms with E-state index in [0.717, 1.165) is 29.2 Å². The molecule has 0 spiro atoms. The number of aliphatic hydroxyl groups excluding tert-OH is 1. The first-order chi connectivity index (χ1) is 13.9. The van der Waals surface area contributed by atoms with Crippen molar-refractivity contribution < 1.29 is 24.1 Å². The molecule has 29 heavy (non-hydrogen) atoms. The van der Waals surface area contributed by atoms with E-state index in [4.69, 9.17) is 30.5 Å². The van der Waals surface area contributed by atoms with E-state index >= 15 is 0 Å². The van der Waals surface area contributed by atoms with Gasteiger partial charge < -0.3 is 24.1 Å². The second kappa shape index (κ2) is 8.50. The summed E-state index contributed by atoms with van der Waals surface area (Å²) in [6.45, 7) is 6.12. The van der Waals surface area contributed by atoms with Gasteiger partial charge in [0.05, 0.1) is 12.7 Å². The number of hydrogen-bond acceptors (Lipinski definition) is 5. The molecule has 0 aliphatic carbocycles. The van der Waals surface area contributed by atoms with Gasteiger partial charge in [-0.1, -0.05) is 61.7 Å². The molecule has 0 radical (unpaired) electrons. The average molecular weight is 421 g/mol. The van der Waals surface area contributed by atoms with Gasteiger partial charge in [0, 0.05) is 10.6 Å². The lowest BCUT2D eigenvalue weighted by molar-refractivity contribution is -0.230. The van der Waals surface area contributed by atoms with Crippen LogP contribution in [0.4, 0.5) is 0 Å². The van der Waals surface area contributed by atoms with Gasteiger partial charge in [-0.25, -0.2) is 0 Å². The fourth-order valence-electron chi connectivity index (χ4n) is 4.22. The Bertz CT molecular complexity index is 854. The Morgan fingerprint density at radius 2 is 1.97 bits per heavy atom. The van der Waals surface area contributed by atoms with E-state index in [2.05, 4.69) is 13.0 Å². The minimum Gasteiger partial charge on any atom is -0.390 e. The summed E-state index contributed by atoms with van der Waals surface area (Å²) >= 11 is 6.50. The zero-order valence-electron chi connectivity index (χ0n) is 17.1. The Morgan fingerprint density at radius 3 is 2.76 bits per heavy atom. The molecule has 0 bridgehead atoms. The van der Waals surface area contributed by atoms with Gasteiger partial charge in [0.25, 0.3) is 0 Å². The zero-order chi connectivity index (χ0) is 20.6. The van der Waals surface area contributed by atoms with Crippen molar-refractivity contribution in [3.63, 3.8) is 0 Å². The molecular weight excluding hydrogens is 392 g/mol. The molecule has 2 heterocycles. The molecule has 5 atom stereocenters. The largest absolute Gasteiger partial charge is 0.390 e. The fraction of sp³-hybridized carbons (Fsp3) is 0.565. The van der Waals surface area contributed by atoms with Crippen LogP contribution < -0.4 is 0 Å². The number of unbranched alkanes of at least 4 members (excludes halogenated alkanes) is 1. The van der Waals surface area contributed by atoms with Crippen molar-refractivity contribution in [1.29, 1.82) is 0 Å². The van der Waals surface area contributed by atoms with Crippen LogP contribution in [0.1, 0.15) is 45.6 Å². The van der Waals surface area contributed by atoms with Crippen LogP contribution >= 0.6 is 11.6 Å². The molecule has 6 heteroatoms. The molecule has 4 rings (SSSR count). The van der Waals surface area contributed by atoms with Crippen LogP contribution in [0.3, 0.4) is 0 Å². The van der Waals surface area contributed by atoms with Crippen molar-refractivity contribution >= 4 is 22.4 Å². The number of benzene rings is 2. The smallest absolute Gasteiger partial charge is 0.190 e. The monoisotopic (exact) mass is 420 g/mol. The second-order valence-corrected chi connectivity index (χ2v) is 8.71. The first-order valence-electron chi connectivity index (χ1n) is 10.4. The third kappa shape index (κ3) is 4.31. The maximum atomic E-state index is 10.7. The van der Waals surface area contributed by atoms with E-state index in [1.54, 1.807) is 0 Å². The lowest BCUT2D eigenvalue weighted by Gasteiger charge is -2.29. The summed E-state index contributed by atoms with van der Waals surface area (Å²) in [7, 11) is 0. The molecule has 2 fully saturated rings. The normalized spacial score (nSPS) is 29.3. The van der Waals surface area contributed by atoms with Crippen molar-refractivity contribution in [1.82, 2.24) is 0 Å². The Balaban J connectivity index is 1.56. The van der Waals surface area contributed by atoms with Gasteiger partial charge in [-0.15, -0.1) is 0 Å². The number of ether oxygens (including phenoxy) is 4. The van der Waals surface area contributed by atoms with Crippen molar-refractivity contribution in [2.75, 3.05) is 0 Å². The highest BCUT2D eigenvalue weighted by Gasteiger charge is 2.56. The number of fused-ring (bicyclic) bond motifs is 2. The van der Waals surface area contributed by atoms with Crippen LogP contribution in [-0.4, -0.2) is 41.6 Å². The van der Waals surface area contributed by atoms with E-state index in [0.29, 0.717) is 18.1 Å². The maximum absolute atomic E-state index is 10.7. The predicted octanol–water partition coefficient (Wildman–Crippen LogP) is 4.81. The topological polar surface area (TPSA) is 57.2 Å². The molecule has 0 aromatic heterocycles. The number of aliphatic hydroxyl groups is 1. The lowest BCUT2D eigenvalue weighted by Crippen LogP contribution is -2.42. The number of hydrogen-bond donors (Lipinski definition) is 1. The highest BCUT2D eigenvalue weighted by atomic mass is 35.5. The SMILES string of the molecule is CCCC[C@H](O)[C@H]1O[C@@H]2OC(C)(C)O[C@@H]2[C@H]1OCc1c(Cl)ccc2ccccc12. The fourth-order valence-corrected chi connectivity index (χ4v) is 4.44. The van der Waals surface area contributed by atoms with E-state index in [1.807, 2.05) is 44.2 Å². The van der Waals surface area contributed by atoms with Gasteiger partial charge in [-0.3, -0.25) is 0 Å². The Morgan fingerprint density at radius 1 is 1.17 bits per heavy atom. The van der Waals surface area contributed by atoms with Crippen LogP contribution in [0, 0.1) is 0 Å². The minimum absolute atomic E-state index is 0.304. The summed E-state index contributed by atoms with van der Waals surface area (Å²) in [5.74, 6) is -0.743. The summed E-state index contributed by atoms with van der Waals surface area (Å²) in [6, 6.07) is 12.0. The van der Waals surface area contributed by atoms with Crippen LogP contribution in [0.25, 0.3) is 10.8 Å². The van der Waals surface area contributed by atoms with Gasteiger partial charge in [0.2, 0.25) is 0 Å². The van der Waals surface area contributed by atoms with Crippen LogP contribution in [0.15, 0.2) is 36.4 Å². The third-order valence-corrected chi connectivity index (χ3v) is 6.02. The molecule has 0 amide bonds. The molecule has 2 saturated heterocycles. The average Bonchev–Trinajstić information content (AvgIpc) is 3.17. The highest BCUT2D eigenvalue weighted by Crippen LogP contribution is 2.41. The number of rotatable bonds is 7. The summed E-state index contributed by atoms with van der Waals surface area (Å²) in [5, 5.41) is 13.5. The molecule has 5 nitrogen and oxygen atoms in total. The van der Waals surface area contributed by atoms with Gasteiger partial charge in [0.1, 0.15) is 18.3 Å². The molecule has 2 aromatic carbocycles. The van der Waals surface area contributed by atoms with Gasteiger partial charge in [-0.05, 0) is 37.1 Å². The highest BCUT2D eigenvalue weighted by molar-refractivity contribution is 6.32. The summed E-state index contributed by atoms with van der Waals surface area (Å²) in [5.41, 5.74) is 0.924. The van der Waals surface area contributed by atoms with Gasteiger partial charge in [-0.2, -0.15) is 0 Å². The number of halogens is 1.